The van der Waals surface area contributed by atoms with Crippen molar-refractivity contribution in [1.29, 1.82) is 0 Å². The van der Waals surface area contributed by atoms with E-state index in [1.165, 1.54) is 18.4 Å². The lowest BCUT2D eigenvalue weighted by Crippen LogP contribution is -2.42. The summed E-state index contributed by atoms with van der Waals surface area (Å²) in [4.78, 5) is 6.41. The molecule has 0 bridgehead atoms. The summed E-state index contributed by atoms with van der Waals surface area (Å²) in [5, 5.41) is 0. The molecule has 17 heavy (non-hydrogen) atoms. The van der Waals surface area contributed by atoms with Crippen molar-refractivity contribution in [3.05, 3.63) is 30.1 Å². The molecular weight excluding hydrogens is 210 g/mol. The van der Waals surface area contributed by atoms with E-state index in [2.05, 4.69) is 42.9 Å². The van der Waals surface area contributed by atoms with Gasteiger partial charge >= 0.3 is 0 Å². The first-order valence-electron chi connectivity index (χ1n) is 6.52. The zero-order chi connectivity index (χ0) is 12.7. The molecule has 0 aliphatic carbocycles. The summed E-state index contributed by atoms with van der Waals surface area (Å²) < 4.78 is 0. The van der Waals surface area contributed by atoms with Crippen molar-refractivity contribution in [2.75, 3.05) is 13.6 Å². The van der Waals surface area contributed by atoms with Crippen LogP contribution in [0.5, 0.6) is 0 Å². The Bertz CT molecular complexity index is 296. The van der Waals surface area contributed by atoms with Gasteiger partial charge in [0.2, 0.25) is 0 Å². The van der Waals surface area contributed by atoms with E-state index in [-0.39, 0.29) is 0 Å². The van der Waals surface area contributed by atoms with E-state index in [0.717, 1.165) is 13.1 Å². The molecule has 1 aromatic heterocycles. The van der Waals surface area contributed by atoms with Crippen LogP contribution in [0.2, 0.25) is 0 Å². The Balaban J connectivity index is 2.63. The summed E-state index contributed by atoms with van der Waals surface area (Å²) in [5.74, 6) is 0.687. The van der Waals surface area contributed by atoms with Gasteiger partial charge in [0, 0.05) is 31.5 Å². The first kappa shape index (κ1) is 14.1. The van der Waals surface area contributed by atoms with Crippen molar-refractivity contribution < 1.29 is 0 Å². The Morgan fingerprint density at radius 2 is 1.82 bits per heavy atom. The molecule has 0 aromatic carbocycles. The molecule has 1 rings (SSSR count). The predicted molar refractivity (Wildman–Crippen MR) is 72.6 cm³/mol. The van der Waals surface area contributed by atoms with Crippen molar-refractivity contribution in [3.8, 4) is 0 Å². The third kappa shape index (κ3) is 4.10. The van der Waals surface area contributed by atoms with E-state index in [1.54, 1.807) is 0 Å². The zero-order valence-corrected chi connectivity index (χ0v) is 11.3. The average molecular weight is 235 g/mol. The third-order valence-corrected chi connectivity index (χ3v) is 3.58. The van der Waals surface area contributed by atoms with Crippen molar-refractivity contribution in [3.63, 3.8) is 0 Å². The fourth-order valence-corrected chi connectivity index (χ4v) is 2.46. The molecule has 0 radical (unpaired) electrons. The second-order valence-electron chi connectivity index (χ2n) is 4.65. The van der Waals surface area contributed by atoms with Gasteiger partial charge in [-0.25, -0.2) is 0 Å². The molecule has 0 spiro atoms. The van der Waals surface area contributed by atoms with Gasteiger partial charge in [0.25, 0.3) is 0 Å². The number of rotatable bonds is 7. The number of likely N-dealkylation sites (N-methyl/N-ethyl adjacent to an activating group) is 1. The lowest BCUT2D eigenvalue weighted by molar-refractivity contribution is 0.165. The van der Waals surface area contributed by atoms with Crippen LogP contribution in [-0.4, -0.2) is 29.5 Å². The number of nitrogens with two attached hydrogens (primary N) is 1. The van der Waals surface area contributed by atoms with Crippen LogP contribution in [0.15, 0.2) is 24.5 Å². The fourth-order valence-electron chi connectivity index (χ4n) is 2.46. The SMILES string of the molecule is CCC(CC)C(CN)N(C)Cc1ccncc1. The highest BCUT2D eigenvalue weighted by Crippen LogP contribution is 2.18. The Hall–Kier alpha value is -0.930. The van der Waals surface area contributed by atoms with Gasteiger partial charge in [-0.15, -0.1) is 0 Å². The second-order valence-corrected chi connectivity index (χ2v) is 4.65. The maximum atomic E-state index is 5.93. The highest BCUT2D eigenvalue weighted by Gasteiger charge is 2.21. The molecule has 1 atom stereocenters. The molecule has 96 valence electrons. The summed E-state index contributed by atoms with van der Waals surface area (Å²) in [5.41, 5.74) is 7.22. The number of hydrogen-bond donors (Lipinski definition) is 1. The van der Waals surface area contributed by atoms with Gasteiger partial charge in [0.15, 0.2) is 0 Å². The molecule has 1 unspecified atom stereocenters. The quantitative estimate of drug-likeness (QED) is 0.788. The van der Waals surface area contributed by atoms with Gasteiger partial charge in [0.05, 0.1) is 0 Å². The van der Waals surface area contributed by atoms with Gasteiger partial charge in [-0.05, 0) is 30.7 Å². The first-order valence-corrected chi connectivity index (χ1v) is 6.52. The fraction of sp³-hybridized carbons (Fsp3) is 0.643. The van der Waals surface area contributed by atoms with Crippen LogP contribution < -0.4 is 5.73 Å². The van der Waals surface area contributed by atoms with Crippen molar-refractivity contribution in [1.82, 2.24) is 9.88 Å². The van der Waals surface area contributed by atoms with Gasteiger partial charge in [0.1, 0.15) is 0 Å². The summed E-state index contributed by atoms with van der Waals surface area (Å²) in [6.07, 6.45) is 6.08. The summed E-state index contributed by atoms with van der Waals surface area (Å²) in [7, 11) is 2.16. The van der Waals surface area contributed by atoms with Crippen LogP contribution in [0.3, 0.4) is 0 Å². The maximum Gasteiger partial charge on any atom is 0.0271 e. The monoisotopic (exact) mass is 235 g/mol. The molecule has 0 amide bonds. The van der Waals surface area contributed by atoms with E-state index in [0.29, 0.717) is 12.0 Å². The van der Waals surface area contributed by atoms with E-state index < -0.39 is 0 Å². The molecule has 0 saturated heterocycles. The minimum atomic E-state index is 0.471. The highest BCUT2D eigenvalue weighted by molar-refractivity contribution is 5.09. The Labute approximate surface area is 105 Å². The minimum Gasteiger partial charge on any atom is -0.329 e. The standard InChI is InChI=1S/C14H25N3/c1-4-13(5-2)14(10-15)17(3)11-12-6-8-16-9-7-12/h6-9,13-14H,4-5,10-11,15H2,1-3H3. The van der Waals surface area contributed by atoms with Crippen LogP contribution in [-0.2, 0) is 6.54 Å². The molecule has 0 saturated carbocycles. The minimum absolute atomic E-state index is 0.471. The molecule has 1 aromatic rings. The summed E-state index contributed by atoms with van der Waals surface area (Å²) in [6.45, 7) is 6.17. The molecule has 3 heteroatoms. The van der Waals surface area contributed by atoms with Crippen LogP contribution >= 0.6 is 0 Å². The van der Waals surface area contributed by atoms with Crippen molar-refractivity contribution in [2.24, 2.45) is 11.7 Å². The largest absolute Gasteiger partial charge is 0.329 e. The van der Waals surface area contributed by atoms with Crippen LogP contribution in [0.1, 0.15) is 32.3 Å². The smallest absolute Gasteiger partial charge is 0.0271 e. The Morgan fingerprint density at radius 1 is 1.24 bits per heavy atom. The van der Waals surface area contributed by atoms with Crippen molar-refractivity contribution in [2.45, 2.75) is 39.3 Å². The van der Waals surface area contributed by atoms with E-state index in [1.807, 2.05) is 12.4 Å². The topological polar surface area (TPSA) is 42.1 Å². The Morgan fingerprint density at radius 3 is 2.29 bits per heavy atom. The van der Waals surface area contributed by atoms with E-state index in [9.17, 15) is 0 Å². The normalized spacial score (nSPS) is 13.3. The Kier molecular flexibility index (Phi) is 6.16. The van der Waals surface area contributed by atoms with Crippen LogP contribution in [0, 0.1) is 5.92 Å². The molecular formula is C14H25N3. The number of pyridine rings is 1. The molecule has 2 N–H and O–H groups in total. The highest BCUT2D eigenvalue weighted by atomic mass is 15.1. The molecule has 3 nitrogen and oxygen atoms in total. The molecule has 0 fully saturated rings. The first-order chi connectivity index (χ1) is 8.22. The second kappa shape index (κ2) is 7.41. The van der Waals surface area contributed by atoms with Gasteiger partial charge in [-0.2, -0.15) is 0 Å². The lowest BCUT2D eigenvalue weighted by atomic mass is 9.93. The van der Waals surface area contributed by atoms with E-state index >= 15 is 0 Å². The average Bonchev–Trinajstić information content (AvgIpc) is 2.36. The van der Waals surface area contributed by atoms with Gasteiger partial charge in [-0.1, -0.05) is 26.7 Å². The number of aromatic nitrogens is 1. The molecule has 0 aliphatic rings. The third-order valence-electron chi connectivity index (χ3n) is 3.58. The lowest BCUT2D eigenvalue weighted by Gasteiger charge is -2.33. The molecule has 1 heterocycles. The van der Waals surface area contributed by atoms with Gasteiger partial charge < -0.3 is 5.73 Å². The van der Waals surface area contributed by atoms with Gasteiger partial charge in [-0.3, -0.25) is 9.88 Å². The summed E-state index contributed by atoms with van der Waals surface area (Å²) in [6, 6.07) is 4.60. The summed E-state index contributed by atoms with van der Waals surface area (Å²) >= 11 is 0. The zero-order valence-electron chi connectivity index (χ0n) is 11.3. The maximum absolute atomic E-state index is 5.93. The van der Waals surface area contributed by atoms with E-state index in [4.69, 9.17) is 5.73 Å². The number of hydrogen-bond acceptors (Lipinski definition) is 3. The number of nitrogens with zero attached hydrogens (tertiary/aromatic N) is 2. The van der Waals surface area contributed by atoms with Crippen LogP contribution in [0.4, 0.5) is 0 Å². The van der Waals surface area contributed by atoms with Crippen molar-refractivity contribution >= 4 is 0 Å². The molecule has 0 aliphatic heterocycles. The predicted octanol–water partition coefficient (Wildman–Crippen LogP) is 2.28. The van der Waals surface area contributed by atoms with Crippen LogP contribution in [0.25, 0.3) is 0 Å².